The van der Waals surface area contributed by atoms with Crippen LogP contribution in [0.2, 0.25) is 15.1 Å². The van der Waals surface area contributed by atoms with Gasteiger partial charge in [0.25, 0.3) is 11.8 Å². The number of carbonyl (C=O) groups excluding carboxylic acids is 2. The zero-order valence-electron chi connectivity index (χ0n) is 16.2. The van der Waals surface area contributed by atoms with Crippen molar-refractivity contribution in [1.82, 2.24) is 10.6 Å². The van der Waals surface area contributed by atoms with Crippen LogP contribution in [0.1, 0.15) is 6.42 Å². The van der Waals surface area contributed by atoms with Crippen LogP contribution in [-0.2, 0) is 9.59 Å². The first-order valence-corrected chi connectivity index (χ1v) is 10.2. The predicted octanol–water partition coefficient (Wildman–Crippen LogP) is 3.23. The van der Waals surface area contributed by atoms with E-state index in [-0.39, 0.29) is 49.4 Å². The SMILES string of the molecule is O=C(COc1ccc(Cl)c(Cl)c1)NCC[C@H](O)CNC(=O)COc1ccc(Cl)c(F)c1. The van der Waals surface area contributed by atoms with Crippen LogP contribution < -0.4 is 20.1 Å². The number of hydrogen-bond acceptors (Lipinski definition) is 5. The average Bonchev–Trinajstić information content (AvgIpc) is 2.74. The van der Waals surface area contributed by atoms with Gasteiger partial charge in [-0.05, 0) is 30.7 Å². The van der Waals surface area contributed by atoms with Crippen LogP contribution in [-0.4, -0.2) is 49.3 Å². The van der Waals surface area contributed by atoms with Gasteiger partial charge < -0.3 is 25.2 Å². The highest BCUT2D eigenvalue weighted by Gasteiger charge is 2.10. The van der Waals surface area contributed by atoms with Crippen molar-refractivity contribution in [2.45, 2.75) is 12.5 Å². The van der Waals surface area contributed by atoms with E-state index in [9.17, 15) is 19.1 Å². The van der Waals surface area contributed by atoms with Crippen molar-refractivity contribution in [2.24, 2.45) is 0 Å². The summed E-state index contributed by atoms with van der Waals surface area (Å²) in [6, 6.07) is 8.45. The third-order valence-electron chi connectivity index (χ3n) is 3.86. The summed E-state index contributed by atoms with van der Waals surface area (Å²) < 4.78 is 23.7. The standard InChI is InChI=1S/C20H20Cl3FN2O5/c21-15-3-1-13(7-17(15)23)30-10-19(28)25-6-5-12(27)9-26-20(29)11-31-14-2-4-16(22)18(24)8-14/h1-4,7-8,12,27H,5-6,9-11H2,(H,25,28)(H,26,29)/t12-/m0/s1. The minimum Gasteiger partial charge on any atom is -0.484 e. The fraction of sp³-hybridized carbons (Fsp3) is 0.300. The van der Waals surface area contributed by atoms with Crippen molar-refractivity contribution in [2.75, 3.05) is 26.3 Å². The first-order chi connectivity index (χ1) is 14.7. The van der Waals surface area contributed by atoms with Gasteiger partial charge in [-0.25, -0.2) is 4.39 Å². The lowest BCUT2D eigenvalue weighted by Crippen LogP contribution is -2.37. The lowest BCUT2D eigenvalue weighted by molar-refractivity contribution is -0.124. The monoisotopic (exact) mass is 492 g/mol. The molecule has 3 N–H and O–H groups in total. The number of aliphatic hydroxyl groups is 1. The van der Waals surface area contributed by atoms with Gasteiger partial charge in [0.05, 0.1) is 21.2 Å². The molecular weight excluding hydrogens is 474 g/mol. The lowest BCUT2D eigenvalue weighted by Gasteiger charge is -2.13. The Kier molecular flexibility index (Phi) is 10.1. The molecule has 2 aromatic carbocycles. The third kappa shape index (κ3) is 9.18. The van der Waals surface area contributed by atoms with E-state index in [2.05, 4.69) is 10.6 Å². The van der Waals surface area contributed by atoms with Crippen LogP contribution in [0.4, 0.5) is 4.39 Å². The molecule has 0 saturated heterocycles. The summed E-state index contributed by atoms with van der Waals surface area (Å²) in [7, 11) is 0. The van der Waals surface area contributed by atoms with Gasteiger partial charge in [0.1, 0.15) is 17.3 Å². The molecule has 0 aromatic heterocycles. The summed E-state index contributed by atoms with van der Waals surface area (Å²) in [5, 5.41) is 15.6. The maximum Gasteiger partial charge on any atom is 0.258 e. The molecule has 0 saturated carbocycles. The van der Waals surface area contributed by atoms with Crippen molar-refractivity contribution in [3.8, 4) is 11.5 Å². The number of hydrogen-bond donors (Lipinski definition) is 3. The number of nitrogens with one attached hydrogen (secondary N) is 2. The second-order valence-corrected chi connectivity index (χ2v) is 7.55. The number of carbonyl (C=O) groups is 2. The van der Waals surface area contributed by atoms with Crippen LogP contribution in [0.5, 0.6) is 11.5 Å². The Labute approximate surface area is 193 Å². The van der Waals surface area contributed by atoms with E-state index in [4.69, 9.17) is 44.3 Å². The lowest BCUT2D eigenvalue weighted by atomic mass is 10.2. The van der Waals surface area contributed by atoms with Crippen LogP contribution in [0, 0.1) is 5.82 Å². The predicted molar refractivity (Wildman–Crippen MR) is 116 cm³/mol. The van der Waals surface area contributed by atoms with Crippen LogP contribution in [0.25, 0.3) is 0 Å². The van der Waals surface area contributed by atoms with Crippen LogP contribution >= 0.6 is 34.8 Å². The maximum atomic E-state index is 13.3. The Balaban J connectivity index is 1.57. The van der Waals surface area contributed by atoms with Gasteiger partial charge in [-0.3, -0.25) is 9.59 Å². The molecule has 7 nitrogen and oxygen atoms in total. The van der Waals surface area contributed by atoms with Gasteiger partial charge in [-0.1, -0.05) is 34.8 Å². The Morgan fingerprint density at radius 1 is 0.903 bits per heavy atom. The first kappa shape index (κ1) is 25.0. The Hall–Kier alpha value is -2.26. The van der Waals surface area contributed by atoms with Crippen molar-refractivity contribution >= 4 is 46.6 Å². The summed E-state index contributed by atoms with van der Waals surface area (Å²) in [4.78, 5) is 23.5. The van der Waals surface area contributed by atoms with Crippen LogP contribution in [0.3, 0.4) is 0 Å². The molecule has 0 fully saturated rings. The zero-order chi connectivity index (χ0) is 22.8. The molecule has 0 aliphatic rings. The zero-order valence-corrected chi connectivity index (χ0v) is 18.4. The molecule has 2 aromatic rings. The van der Waals surface area contributed by atoms with Gasteiger partial charge in [-0.15, -0.1) is 0 Å². The molecule has 1 atom stereocenters. The second-order valence-electron chi connectivity index (χ2n) is 6.33. The molecule has 0 bridgehead atoms. The van der Waals surface area contributed by atoms with E-state index < -0.39 is 17.8 Å². The fourth-order valence-corrected chi connectivity index (χ4v) is 2.65. The number of amides is 2. The smallest absolute Gasteiger partial charge is 0.258 e. The van der Waals surface area contributed by atoms with Crippen molar-refractivity contribution in [1.29, 1.82) is 0 Å². The third-order valence-corrected chi connectivity index (χ3v) is 4.90. The van der Waals surface area contributed by atoms with E-state index >= 15 is 0 Å². The van der Waals surface area contributed by atoms with E-state index in [0.717, 1.165) is 6.07 Å². The molecule has 31 heavy (non-hydrogen) atoms. The normalized spacial score (nSPS) is 11.5. The van der Waals surface area contributed by atoms with E-state index in [1.165, 1.54) is 18.2 Å². The number of benzene rings is 2. The Morgan fingerprint density at radius 2 is 1.48 bits per heavy atom. The molecule has 168 valence electrons. The molecule has 2 rings (SSSR count). The molecule has 0 aliphatic carbocycles. The molecule has 2 amide bonds. The van der Waals surface area contributed by atoms with Crippen molar-refractivity contribution in [3.05, 3.63) is 57.3 Å². The maximum absolute atomic E-state index is 13.3. The summed E-state index contributed by atoms with van der Waals surface area (Å²) in [5.74, 6) is -0.974. The Morgan fingerprint density at radius 3 is 2.10 bits per heavy atom. The van der Waals surface area contributed by atoms with E-state index in [1.54, 1.807) is 12.1 Å². The number of rotatable bonds is 11. The van der Waals surface area contributed by atoms with E-state index in [0.29, 0.717) is 15.8 Å². The molecular formula is C20H20Cl3FN2O5. The van der Waals surface area contributed by atoms with Gasteiger partial charge in [0.15, 0.2) is 13.2 Å². The van der Waals surface area contributed by atoms with Gasteiger partial charge in [0.2, 0.25) is 0 Å². The molecule has 0 radical (unpaired) electrons. The Bertz CT molecular complexity index is 916. The van der Waals surface area contributed by atoms with Gasteiger partial charge in [-0.2, -0.15) is 0 Å². The molecule has 0 heterocycles. The minimum absolute atomic E-state index is 0.0349. The summed E-state index contributed by atoms with van der Waals surface area (Å²) in [6.07, 6.45) is -0.671. The largest absolute Gasteiger partial charge is 0.484 e. The molecule has 11 heteroatoms. The van der Waals surface area contributed by atoms with Gasteiger partial charge >= 0.3 is 0 Å². The highest BCUT2D eigenvalue weighted by Crippen LogP contribution is 2.26. The summed E-state index contributed by atoms with van der Waals surface area (Å²) in [5.41, 5.74) is 0. The van der Waals surface area contributed by atoms with Crippen LogP contribution in [0.15, 0.2) is 36.4 Å². The van der Waals surface area contributed by atoms with E-state index in [1.807, 2.05) is 0 Å². The highest BCUT2D eigenvalue weighted by atomic mass is 35.5. The summed E-state index contributed by atoms with van der Waals surface area (Å²) >= 11 is 17.2. The molecule has 0 aliphatic heterocycles. The first-order valence-electron chi connectivity index (χ1n) is 9.11. The highest BCUT2D eigenvalue weighted by molar-refractivity contribution is 6.42. The second kappa shape index (κ2) is 12.6. The number of halogens is 4. The van der Waals surface area contributed by atoms with Gasteiger partial charge in [0, 0.05) is 25.2 Å². The molecule has 0 unspecified atom stereocenters. The minimum atomic E-state index is -0.881. The quantitative estimate of drug-likeness (QED) is 0.447. The number of ether oxygens (including phenoxy) is 2. The van der Waals surface area contributed by atoms with Crippen molar-refractivity contribution < 1.29 is 28.6 Å². The average molecular weight is 494 g/mol. The summed E-state index contributed by atoms with van der Waals surface area (Å²) in [6.45, 7) is -0.433. The fourth-order valence-electron chi connectivity index (χ4n) is 2.25. The molecule has 0 spiro atoms. The number of aliphatic hydroxyl groups excluding tert-OH is 1. The van der Waals surface area contributed by atoms with Crippen molar-refractivity contribution in [3.63, 3.8) is 0 Å². The topological polar surface area (TPSA) is 96.9 Å².